The molecule has 0 bridgehead atoms. The fourth-order valence-corrected chi connectivity index (χ4v) is 0.677. The van der Waals surface area contributed by atoms with E-state index in [0.717, 1.165) is 19.0 Å². The van der Waals surface area contributed by atoms with Crippen LogP contribution in [-0.4, -0.2) is 52.1 Å². The van der Waals surface area contributed by atoms with Crippen molar-refractivity contribution in [3.05, 3.63) is 0 Å². The van der Waals surface area contributed by atoms with Crippen LogP contribution in [0.5, 0.6) is 0 Å². The smallest absolute Gasteiger partial charge is 0.190 e. The van der Waals surface area contributed by atoms with Gasteiger partial charge in [-0.25, -0.2) is 0 Å². The summed E-state index contributed by atoms with van der Waals surface area (Å²) < 4.78 is 0. The Morgan fingerprint density at radius 3 is 2.45 bits per heavy atom. The number of aliphatic imine (C=N–C) groups is 1. The lowest BCUT2D eigenvalue weighted by Gasteiger charge is -2.11. The summed E-state index contributed by atoms with van der Waals surface area (Å²) in [6.45, 7) is 1.93. The minimum Gasteiger partial charge on any atom is -0.359 e. The van der Waals surface area contributed by atoms with Gasteiger partial charge in [0.1, 0.15) is 0 Å². The van der Waals surface area contributed by atoms with E-state index in [1.807, 2.05) is 21.1 Å². The predicted octanol–water partition coefficient (Wildman–Crippen LogP) is -0.657. The maximum atomic E-state index is 3.98. The molecule has 0 radical (unpaired) electrons. The van der Waals surface area contributed by atoms with Crippen LogP contribution in [0.15, 0.2) is 4.99 Å². The molecule has 4 heteroatoms. The standard InChI is InChI=1S/C7H18N4/c1-8-7(9-2)10-5-6-11(3)4/h5-6H2,1-4H3,(H2,8,9,10). The third-order valence-corrected chi connectivity index (χ3v) is 1.31. The van der Waals surface area contributed by atoms with Crippen LogP contribution in [0.3, 0.4) is 0 Å². The molecule has 0 aliphatic carbocycles. The third-order valence-electron chi connectivity index (χ3n) is 1.31. The van der Waals surface area contributed by atoms with Gasteiger partial charge in [0.15, 0.2) is 5.96 Å². The molecule has 0 rings (SSSR count). The number of hydrogen-bond acceptors (Lipinski definition) is 2. The van der Waals surface area contributed by atoms with Crippen LogP contribution in [-0.2, 0) is 0 Å². The molecule has 0 aromatic heterocycles. The summed E-state index contributed by atoms with van der Waals surface area (Å²) in [5.41, 5.74) is 0. The van der Waals surface area contributed by atoms with Gasteiger partial charge in [-0.2, -0.15) is 0 Å². The highest BCUT2D eigenvalue weighted by Gasteiger charge is 1.92. The van der Waals surface area contributed by atoms with Gasteiger partial charge in [0, 0.05) is 27.2 Å². The lowest BCUT2D eigenvalue weighted by atomic mass is 10.6. The van der Waals surface area contributed by atoms with E-state index in [1.54, 1.807) is 7.05 Å². The highest BCUT2D eigenvalue weighted by Crippen LogP contribution is 1.70. The molecule has 0 spiro atoms. The number of hydrogen-bond donors (Lipinski definition) is 2. The van der Waals surface area contributed by atoms with Crippen molar-refractivity contribution in [1.82, 2.24) is 15.5 Å². The average molecular weight is 158 g/mol. The second-order valence-electron chi connectivity index (χ2n) is 2.55. The van der Waals surface area contributed by atoms with E-state index in [9.17, 15) is 0 Å². The van der Waals surface area contributed by atoms with Gasteiger partial charge in [0.2, 0.25) is 0 Å². The SMILES string of the molecule is CN=C(NC)NCCN(C)C. The molecule has 66 valence electrons. The average Bonchev–Trinajstić information content (AvgIpc) is 1.98. The Labute approximate surface area is 68.7 Å². The van der Waals surface area contributed by atoms with E-state index in [-0.39, 0.29) is 0 Å². The first-order chi connectivity index (χ1) is 5.20. The van der Waals surface area contributed by atoms with Crippen molar-refractivity contribution in [3.63, 3.8) is 0 Å². The first kappa shape index (κ1) is 10.2. The van der Waals surface area contributed by atoms with Crippen LogP contribution < -0.4 is 10.6 Å². The van der Waals surface area contributed by atoms with Crippen molar-refractivity contribution in [2.45, 2.75) is 0 Å². The molecule has 0 aromatic rings. The van der Waals surface area contributed by atoms with E-state index in [4.69, 9.17) is 0 Å². The summed E-state index contributed by atoms with van der Waals surface area (Å²) in [5.74, 6) is 0.840. The predicted molar refractivity (Wildman–Crippen MR) is 49.0 cm³/mol. The zero-order valence-electron chi connectivity index (χ0n) is 7.81. The maximum Gasteiger partial charge on any atom is 0.190 e. The van der Waals surface area contributed by atoms with Crippen molar-refractivity contribution >= 4 is 5.96 Å². The molecule has 0 atom stereocenters. The highest BCUT2D eigenvalue weighted by atomic mass is 15.2. The van der Waals surface area contributed by atoms with Gasteiger partial charge in [-0.1, -0.05) is 0 Å². The second-order valence-corrected chi connectivity index (χ2v) is 2.55. The molecule has 0 heterocycles. The van der Waals surface area contributed by atoms with Gasteiger partial charge < -0.3 is 15.5 Å². The first-order valence-electron chi connectivity index (χ1n) is 3.74. The highest BCUT2D eigenvalue weighted by molar-refractivity contribution is 5.79. The van der Waals surface area contributed by atoms with Crippen molar-refractivity contribution in [1.29, 1.82) is 0 Å². The summed E-state index contributed by atoms with van der Waals surface area (Å²) >= 11 is 0. The summed E-state index contributed by atoms with van der Waals surface area (Å²) in [6.07, 6.45) is 0. The topological polar surface area (TPSA) is 39.7 Å². The maximum absolute atomic E-state index is 3.98. The molecule has 0 fully saturated rings. The van der Waals surface area contributed by atoms with Crippen molar-refractivity contribution < 1.29 is 0 Å². The van der Waals surface area contributed by atoms with E-state index < -0.39 is 0 Å². The lowest BCUT2D eigenvalue weighted by Crippen LogP contribution is -2.38. The van der Waals surface area contributed by atoms with Gasteiger partial charge in [0.25, 0.3) is 0 Å². The molecule has 0 unspecified atom stereocenters. The summed E-state index contributed by atoms with van der Waals surface area (Å²) in [4.78, 5) is 6.10. The fourth-order valence-electron chi connectivity index (χ4n) is 0.677. The number of likely N-dealkylation sites (N-methyl/N-ethyl adjacent to an activating group) is 1. The minimum absolute atomic E-state index is 0.840. The van der Waals surface area contributed by atoms with Gasteiger partial charge in [-0.15, -0.1) is 0 Å². The largest absolute Gasteiger partial charge is 0.359 e. The number of guanidine groups is 1. The number of rotatable bonds is 3. The molecule has 0 saturated carbocycles. The van der Waals surface area contributed by atoms with Gasteiger partial charge in [0.05, 0.1) is 0 Å². The van der Waals surface area contributed by atoms with Crippen molar-refractivity contribution in [2.24, 2.45) is 4.99 Å². The quantitative estimate of drug-likeness (QED) is 0.423. The van der Waals surface area contributed by atoms with E-state index in [2.05, 4.69) is 20.5 Å². The lowest BCUT2D eigenvalue weighted by molar-refractivity contribution is 0.412. The van der Waals surface area contributed by atoms with Crippen LogP contribution in [0.4, 0.5) is 0 Å². The van der Waals surface area contributed by atoms with Crippen molar-refractivity contribution in [2.75, 3.05) is 41.3 Å². The Morgan fingerprint density at radius 2 is 2.09 bits per heavy atom. The molecular formula is C7H18N4. The molecule has 0 aromatic carbocycles. The zero-order chi connectivity index (χ0) is 8.69. The molecular weight excluding hydrogens is 140 g/mol. The number of nitrogens with zero attached hydrogens (tertiary/aromatic N) is 2. The fraction of sp³-hybridized carbons (Fsp3) is 0.857. The molecule has 0 amide bonds. The molecule has 4 nitrogen and oxygen atoms in total. The van der Waals surface area contributed by atoms with Crippen LogP contribution in [0.2, 0.25) is 0 Å². The molecule has 0 aliphatic heterocycles. The van der Waals surface area contributed by atoms with Crippen molar-refractivity contribution in [3.8, 4) is 0 Å². The molecule has 2 N–H and O–H groups in total. The number of nitrogens with one attached hydrogen (secondary N) is 2. The third kappa shape index (κ3) is 5.66. The van der Waals surface area contributed by atoms with E-state index in [0.29, 0.717) is 0 Å². The van der Waals surface area contributed by atoms with Crippen LogP contribution in [0.25, 0.3) is 0 Å². The molecule has 0 saturated heterocycles. The Bertz CT molecular complexity index is 120. The molecule has 0 aliphatic rings. The Balaban J connectivity index is 3.37. The van der Waals surface area contributed by atoms with Crippen LogP contribution in [0, 0.1) is 0 Å². The Hall–Kier alpha value is -0.770. The van der Waals surface area contributed by atoms with Crippen LogP contribution in [0.1, 0.15) is 0 Å². The van der Waals surface area contributed by atoms with Gasteiger partial charge >= 0.3 is 0 Å². The van der Waals surface area contributed by atoms with E-state index in [1.165, 1.54) is 0 Å². The van der Waals surface area contributed by atoms with Gasteiger partial charge in [-0.05, 0) is 14.1 Å². The normalized spacial score (nSPS) is 11.9. The Morgan fingerprint density at radius 1 is 1.45 bits per heavy atom. The summed E-state index contributed by atoms with van der Waals surface area (Å²) in [6, 6.07) is 0. The minimum atomic E-state index is 0.840. The van der Waals surface area contributed by atoms with Gasteiger partial charge in [-0.3, -0.25) is 4.99 Å². The molecule has 11 heavy (non-hydrogen) atoms. The second kappa shape index (κ2) is 5.97. The Kier molecular flexibility index (Phi) is 5.56. The summed E-state index contributed by atoms with van der Waals surface area (Å²) in [7, 11) is 7.70. The zero-order valence-corrected chi connectivity index (χ0v) is 7.81. The van der Waals surface area contributed by atoms with Crippen LogP contribution >= 0.6 is 0 Å². The monoisotopic (exact) mass is 158 g/mol. The van der Waals surface area contributed by atoms with E-state index >= 15 is 0 Å². The first-order valence-corrected chi connectivity index (χ1v) is 3.74. The summed E-state index contributed by atoms with van der Waals surface area (Å²) in [5, 5.41) is 6.09.